The maximum absolute atomic E-state index is 12.3. The number of rotatable bonds is 1. The molecule has 1 unspecified atom stereocenters. The zero-order valence-electron chi connectivity index (χ0n) is 10.0. The molecule has 3 nitrogen and oxygen atoms in total. The van der Waals surface area contributed by atoms with Gasteiger partial charge in [0, 0.05) is 23.3 Å². The molecule has 92 valence electrons. The average molecular weight is 297 g/mol. The van der Waals surface area contributed by atoms with E-state index in [1.165, 1.54) is 12.8 Å². The molecule has 0 saturated carbocycles. The number of hydrogen-bond acceptors (Lipinski definition) is 2. The van der Waals surface area contributed by atoms with Crippen molar-refractivity contribution in [2.75, 3.05) is 6.54 Å². The Morgan fingerprint density at radius 2 is 2.24 bits per heavy atom. The van der Waals surface area contributed by atoms with Crippen LogP contribution in [-0.2, 0) is 0 Å². The number of carbonyl (C=O) groups excluding carboxylic acids is 1. The Kier molecular flexibility index (Phi) is 4.15. The molecular weight excluding hydrogens is 280 g/mol. The van der Waals surface area contributed by atoms with Crippen molar-refractivity contribution in [3.8, 4) is 0 Å². The maximum atomic E-state index is 12.3. The second-order valence-electron chi connectivity index (χ2n) is 4.56. The van der Waals surface area contributed by atoms with Crippen molar-refractivity contribution >= 4 is 21.8 Å². The predicted octanol–water partition coefficient (Wildman–Crippen LogP) is 3.25. The number of nitrogens with zero attached hydrogens (tertiary/aromatic N) is 2. The fraction of sp³-hybridized carbons (Fsp3) is 0.538. The van der Waals surface area contributed by atoms with Crippen molar-refractivity contribution in [2.24, 2.45) is 0 Å². The van der Waals surface area contributed by atoms with Crippen LogP contribution >= 0.6 is 15.9 Å². The van der Waals surface area contributed by atoms with Gasteiger partial charge in [0.2, 0.25) is 0 Å². The maximum Gasteiger partial charge on any atom is 0.272 e. The Labute approximate surface area is 110 Å². The quantitative estimate of drug-likeness (QED) is 0.797. The van der Waals surface area contributed by atoms with Crippen molar-refractivity contribution in [2.45, 2.75) is 38.6 Å². The number of halogens is 1. The third-order valence-electron chi connectivity index (χ3n) is 3.26. The molecule has 0 N–H and O–H groups in total. The molecule has 0 bridgehead atoms. The Morgan fingerprint density at radius 1 is 1.41 bits per heavy atom. The van der Waals surface area contributed by atoms with E-state index in [1.54, 1.807) is 12.3 Å². The van der Waals surface area contributed by atoms with E-state index in [2.05, 4.69) is 27.8 Å². The summed E-state index contributed by atoms with van der Waals surface area (Å²) in [4.78, 5) is 18.5. The Hall–Kier alpha value is -0.900. The molecule has 1 aromatic rings. The van der Waals surface area contributed by atoms with Gasteiger partial charge in [0.05, 0.1) is 0 Å². The minimum absolute atomic E-state index is 0.0619. The highest BCUT2D eigenvalue weighted by Gasteiger charge is 2.23. The van der Waals surface area contributed by atoms with Crippen LogP contribution in [0.4, 0.5) is 0 Å². The number of hydrogen-bond donors (Lipinski definition) is 0. The molecule has 1 fully saturated rings. The first-order chi connectivity index (χ1) is 8.18. The second-order valence-corrected chi connectivity index (χ2v) is 5.47. The molecule has 1 aromatic heterocycles. The molecule has 4 heteroatoms. The second kappa shape index (κ2) is 5.63. The Balaban J connectivity index is 2.15. The average Bonchev–Trinajstić information content (AvgIpc) is 2.54. The smallest absolute Gasteiger partial charge is 0.272 e. The lowest BCUT2D eigenvalue weighted by Gasteiger charge is -2.26. The zero-order chi connectivity index (χ0) is 12.3. The molecule has 0 aliphatic carbocycles. The predicted molar refractivity (Wildman–Crippen MR) is 70.9 cm³/mol. The van der Waals surface area contributed by atoms with E-state index < -0.39 is 0 Å². The lowest BCUT2D eigenvalue weighted by Crippen LogP contribution is -2.38. The zero-order valence-corrected chi connectivity index (χ0v) is 11.6. The van der Waals surface area contributed by atoms with E-state index in [9.17, 15) is 4.79 Å². The van der Waals surface area contributed by atoms with Crippen LogP contribution in [0.25, 0.3) is 0 Å². The van der Waals surface area contributed by atoms with Crippen molar-refractivity contribution in [3.05, 3.63) is 28.5 Å². The van der Waals surface area contributed by atoms with E-state index in [-0.39, 0.29) is 5.91 Å². The van der Waals surface area contributed by atoms with Crippen molar-refractivity contribution < 1.29 is 4.79 Å². The number of carbonyl (C=O) groups is 1. The molecule has 0 aromatic carbocycles. The fourth-order valence-electron chi connectivity index (χ4n) is 2.23. The summed E-state index contributed by atoms with van der Waals surface area (Å²) in [6, 6.07) is 3.97. The van der Waals surface area contributed by atoms with Gasteiger partial charge in [-0.2, -0.15) is 0 Å². The van der Waals surface area contributed by atoms with E-state index in [0.717, 1.165) is 23.9 Å². The van der Waals surface area contributed by atoms with Crippen LogP contribution in [0.2, 0.25) is 0 Å². The van der Waals surface area contributed by atoms with Gasteiger partial charge in [-0.1, -0.05) is 12.8 Å². The minimum atomic E-state index is 0.0619. The number of likely N-dealkylation sites (tertiary alicyclic amines) is 1. The van der Waals surface area contributed by atoms with Crippen molar-refractivity contribution in [1.29, 1.82) is 0 Å². The summed E-state index contributed by atoms with van der Waals surface area (Å²) in [6.07, 6.45) is 6.32. The topological polar surface area (TPSA) is 33.2 Å². The van der Waals surface area contributed by atoms with Gasteiger partial charge < -0.3 is 4.90 Å². The Bertz CT molecular complexity index is 391. The molecule has 0 radical (unpaired) electrons. The first-order valence-electron chi connectivity index (χ1n) is 6.11. The van der Waals surface area contributed by atoms with Crippen LogP contribution < -0.4 is 0 Å². The van der Waals surface area contributed by atoms with Gasteiger partial charge in [-0.25, -0.2) is 4.98 Å². The summed E-state index contributed by atoms with van der Waals surface area (Å²) in [6.45, 7) is 2.99. The van der Waals surface area contributed by atoms with Crippen LogP contribution in [0.1, 0.15) is 43.1 Å². The normalized spacial score (nSPS) is 21.1. The van der Waals surface area contributed by atoms with Crippen molar-refractivity contribution in [1.82, 2.24) is 9.88 Å². The molecule has 1 aliphatic rings. The molecule has 1 atom stereocenters. The van der Waals surface area contributed by atoms with Crippen LogP contribution in [0.15, 0.2) is 22.8 Å². The molecular formula is C13H17BrN2O. The fourth-order valence-corrected chi connectivity index (χ4v) is 2.46. The third kappa shape index (κ3) is 3.06. The van der Waals surface area contributed by atoms with Gasteiger partial charge in [-0.3, -0.25) is 4.79 Å². The number of aromatic nitrogens is 1. The molecule has 2 rings (SSSR count). The summed E-state index contributed by atoms with van der Waals surface area (Å²) in [5.74, 6) is 0.0619. The largest absolute Gasteiger partial charge is 0.335 e. The monoisotopic (exact) mass is 296 g/mol. The summed E-state index contributed by atoms with van der Waals surface area (Å²) in [5, 5.41) is 0. The SMILES string of the molecule is CC1CCCCCN1C(=O)c1ccc(Br)cn1. The van der Waals surface area contributed by atoms with E-state index in [1.807, 2.05) is 11.0 Å². The highest BCUT2D eigenvalue weighted by atomic mass is 79.9. The summed E-state index contributed by atoms with van der Waals surface area (Å²) in [7, 11) is 0. The molecule has 1 aliphatic heterocycles. The first-order valence-corrected chi connectivity index (χ1v) is 6.90. The summed E-state index contributed by atoms with van der Waals surface area (Å²) in [5.41, 5.74) is 0.543. The summed E-state index contributed by atoms with van der Waals surface area (Å²) < 4.78 is 0.901. The van der Waals surface area contributed by atoms with Gasteiger partial charge in [-0.05, 0) is 47.8 Å². The lowest BCUT2D eigenvalue weighted by molar-refractivity contribution is 0.0692. The van der Waals surface area contributed by atoms with Crippen LogP contribution in [-0.4, -0.2) is 28.4 Å². The van der Waals surface area contributed by atoms with E-state index >= 15 is 0 Å². The minimum Gasteiger partial charge on any atom is -0.335 e. The lowest BCUT2D eigenvalue weighted by atomic mass is 10.1. The standard InChI is InChI=1S/C13H17BrN2O/c1-10-5-3-2-4-8-16(10)13(17)12-7-6-11(14)9-15-12/h6-7,9-10H,2-5,8H2,1H3. The highest BCUT2D eigenvalue weighted by molar-refractivity contribution is 9.10. The van der Waals surface area contributed by atoms with Crippen LogP contribution in [0, 0.1) is 0 Å². The van der Waals surface area contributed by atoms with Gasteiger partial charge >= 0.3 is 0 Å². The highest BCUT2D eigenvalue weighted by Crippen LogP contribution is 2.18. The van der Waals surface area contributed by atoms with Crippen molar-refractivity contribution in [3.63, 3.8) is 0 Å². The van der Waals surface area contributed by atoms with Gasteiger partial charge in [-0.15, -0.1) is 0 Å². The van der Waals surface area contributed by atoms with Crippen LogP contribution in [0.5, 0.6) is 0 Å². The van der Waals surface area contributed by atoms with Crippen LogP contribution in [0.3, 0.4) is 0 Å². The van der Waals surface area contributed by atoms with Gasteiger partial charge in [0.1, 0.15) is 5.69 Å². The molecule has 0 spiro atoms. The first kappa shape index (κ1) is 12.6. The number of amides is 1. The van der Waals surface area contributed by atoms with E-state index in [4.69, 9.17) is 0 Å². The van der Waals surface area contributed by atoms with Gasteiger partial charge in [0.25, 0.3) is 5.91 Å². The molecule has 1 amide bonds. The molecule has 1 saturated heterocycles. The Morgan fingerprint density at radius 3 is 2.94 bits per heavy atom. The third-order valence-corrected chi connectivity index (χ3v) is 3.73. The van der Waals surface area contributed by atoms with Gasteiger partial charge in [0.15, 0.2) is 0 Å². The molecule has 2 heterocycles. The summed E-state index contributed by atoms with van der Waals surface area (Å²) >= 11 is 3.33. The van der Waals surface area contributed by atoms with E-state index in [0.29, 0.717) is 11.7 Å². The number of pyridine rings is 1. The molecule has 17 heavy (non-hydrogen) atoms.